The summed E-state index contributed by atoms with van der Waals surface area (Å²) in [5, 5.41) is 4.04. The average Bonchev–Trinajstić information content (AvgIpc) is 3.32. The van der Waals surface area contributed by atoms with E-state index in [1.807, 2.05) is 13.8 Å². The van der Waals surface area contributed by atoms with Crippen molar-refractivity contribution < 1.29 is 17.7 Å². The van der Waals surface area contributed by atoms with E-state index >= 15 is 0 Å². The molecular formula is C17H29N5O4S. The second-order valence-corrected chi connectivity index (χ2v) is 10.5. The van der Waals surface area contributed by atoms with Gasteiger partial charge in [0.1, 0.15) is 0 Å². The van der Waals surface area contributed by atoms with Gasteiger partial charge in [0.25, 0.3) is 10.2 Å². The topological polar surface area (TPSA) is 101 Å². The lowest BCUT2D eigenvalue weighted by Gasteiger charge is -2.29. The molecule has 1 spiro atoms. The van der Waals surface area contributed by atoms with Crippen molar-refractivity contribution in [2.45, 2.75) is 50.9 Å². The van der Waals surface area contributed by atoms with E-state index in [1.54, 1.807) is 0 Å². The third-order valence-electron chi connectivity index (χ3n) is 6.20. The molecule has 3 fully saturated rings. The standard InChI is InChI=1S/C17H29N5O4S/c1-11(2)16-19-15(26-20-16)9-22-8-13-12(7-18-27(23,24)21(3)4)14-5-6-17(13,10-22)25-14/h11-14,18H,5-10H2,1-4H3/t12-,13+,14+,17+/m0/s1. The number of ether oxygens (including phenoxy) is 1. The monoisotopic (exact) mass is 399 g/mol. The SMILES string of the molecule is CC(C)c1noc(CN2C[C@@H]3[C@H](CNS(=O)(=O)N(C)C)[C@H]4CC[C@]3(C2)O4)n1. The number of nitrogens with zero attached hydrogens (tertiary/aromatic N) is 4. The molecule has 9 nitrogen and oxygen atoms in total. The highest BCUT2D eigenvalue weighted by Gasteiger charge is 2.62. The predicted octanol–water partition coefficient (Wildman–Crippen LogP) is 0.568. The quantitative estimate of drug-likeness (QED) is 0.715. The Kier molecular flexibility index (Phi) is 4.83. The van der Waals surface area contributed by atoms with Crippen LogP contribution in [0.15, 0.2) is 4.52 Å². The minimum Gasteiger partial charge on any atom is -0.370 e. The summed E-state index contributed by atoms with van der Waals surface area (Å²) in [5.41, 5.74) is -0.153. The van der Waals surface area contributed by atoms with Crippen molar-refractivity contribution in [1.29, 1.82) is 0 Å². The summed E-state index contributed by atoms with van der Waals surface area (Å²) in [6.45, 7) is 6.82. The van der Waals surface area contributed by atoms with Gasteiger partial charge in [-0.25, -0.2) is 4.72 Å². The van der Waals surface area contributed by atoms with E-state index in [4.69, 9.17) is 9.26 Å². The maximum absolute atomic E-state index is 12.1. The maximum atomic E-state index is 12.1. The Morgan fingerprint density at radius 1 is 1.41 bits per heavy atom. The number of fused-ring (bicyclic) bond motifs is 1. The minimum atomic E-state index is -3.42. The van der Waals surface area contributed by atoms with E-state index in [2.05, 4.69) is 19.8 Å². The smallest absolute Gasteiger partial charge is 0.278 e. The fourth-order valence-electron chi connectivity index (χ4n) is 4.77. The molecule has 0 amide bonds. The van der Waals surface area contributed by atoms with Crippen molar-refractivity contribution >= 4 is 10.2 Å². The van der Waals surface area contributed by atoms with Gasteiger partial charge >= 0.3 is 0 Å². The summed E-state index contributed by atoms with van der Waals surface area (Å²) in [7, 11) is -0.348. The van der Waals surface area contributed by atoms with E-state index in [1.165, 1.54) is 18.4 Å². The first-order chi connectivity index (χ1) is 12.7. The molecule has 10 heteroatoms. The van der Waals surface area contributed by atoms with Crippen LogP contribution in [-0.4, -0.2) is 73.2 Å². The Morgan fingerprint density at radius 2 is 2.19 bits per heavy atom. The van der Waals surface area contributed by atoms with Crippen LogP contribution in [0.3, 0.4) is 0 Å². The third kappa shape index (κ3) is 3.42. The number of hydrogen-bond acceptors (Lipinski definition) is 7. The second kappa shape index (κ2) is 6.77. The first kappa shape index (κ1) is 19.3. The van der Waals surface area contributed by atoms with Crippen LogP contribution in [0.2, 0.25) is 0 Å². The van der Waals surface area contributed by atoms with E-state index < -0.39 is 10.2 Å². The minimum absolute atomic E-state index is 0.151. The van der Waals surface area contributed by atoms with Crippen molar-refractivity contribution in [1.82, 2.24) is 24.1 Å². The summed E-state index contributed by atoms with van der Waals surface area (Å²) in [6, 6.07) is 0. The summed E-state index contributed by atoms with van der Waals surface area (Å²) in [5.74, 6) is 2.14. The van der Waals surface area contributed by atoms with Gasteiger partial charge in [-0.15, -0.1) is 0 Å². The highest BCUT2D eigenvalue weighted by atomic mass is 32.2. The molecule has 0 aromatic carbocycles. The molecule has 27 heavy (non-hydrogen) atoms. The molecule has 4 atom stereocenters. The molecule has 4 rings (SSSR count). The van der Waals surface area contributed by atoms with E-state index in [0.29, 0.717) is 24.9 Å². The lowest BCUT2D eigenvalue weighted by molar-refractivity contribution is 0.00150. The molecule has 152 valence electrons. The van der Waals surface area contributed by atoms with Crippen molar-refractivity contribution in [2.24, 2.45) is 11.8 Å². The summed E-state index contributed by atoms with van der Waals surface area (Å²) in [4.78, 5) is 6.78. The van der Waals surface area contributed by atoms with E-state index in [0.717, 1.165) is 31.8 Å². The summed E-state index contributed by atoms with van der Waals surface area (Å²) >= 11 is 0. The number of nitrogens with one attached hydrogen (secondary N) is 1. The van der Waals surface area contributed by atoms with Gasteiger partial charge in [-0.1, -0.05) is 19.0 Å². The van der Waals surface area contributed by atoms with Gasteiger partial charge in [0.05, 0.1) is 18.2 Å². The molecule has 0 aliphatic carbocycles. The van der Waals surface area contributed by atoms with Gasteiger partial charge < -0.3 is 9.26 Å². The molecule has 3 aliphatic rings. The molecule has 3 saturated heterocycles. The Morgan fingerprint density at radius 3 is 2.85 bits per heavy atom. The zero-order valence-electron chi connectivity index (χ0n) is 16.4. The second-order valence-electron chi connectivity index (χ2n) is 8.54. The average molecular weight is 400 g/mol. The molecule has 4 heterocycles. The highest BCUT2D eigenvalue weighted by Crippen LogP contribution is 2.54. The van der Waals surface area contributed by atoms with Crippen molar-refractivity contribution in [2.75, 3.05) is 33.7 Å². The Labute approximate surface area is 160 Å². The summed E-state index contributed by atoms with van der Waals surface area (Å²) < 4.78 is 39.9. The normalized spacial score (nSPS) is 33.5. The third-order valence-corrected chi connectivity index (χ3v) is 7.69. The molecule has 1 aromatic rings. The number of hydrogen-bond donors (Lipinski definition) is 1. The number of aromatic nitrogens is 2. The first-order valence-electron chi connectivity index (χ1n) is 9.60. The highest BCUT2D eigenvalue weighted by molar-refractivity contribution is 7.87. The molecule has 2 bridgehead atoms. The summed E-state index contributed by atoms with van der Waals surface area (Å²) in [6.07, 6.45) is 2.19. The van der Waals surface area contributed by atoms with Crippen LogP contribution in [0.5, 0.6) is 0 Å². The van der Waals surface area contributed by atoms with Crippen LogP contribution < -0.4 is 4.72 Å². The lowest BCUT2D eigenvalue weighted by atomic mass is 9.74. The van der Waals surface area contributed by atoms with Crippen molar-refractivity contribution in [3.05, 3.63) is 11.7 Å². The molecular weight excluding hydrogens is 370 g/mol. The number of likely N-dealkylation sites (tertiary alicyclic amines) is 1. The van der Waals surface area contributed by atoms with E-state index in [9.17, 15) is 8.42 Å². The molecule has 0 saturated carbocycles. The first-order valence-corrected chi connectivity index (χ1v) is 11.0. The van der Waals surface area contributed by atoms with Gasteiger partial charge in [-0.2, -0.15) is 17.7 Å². The Bertz CT molecular complexity index is 795. The molecule has 1 aromatic heterocycles. The van der Waals surface area contributed by atoms with Crippen LogP contribution in [-0.2, 0) is 21.5 Å². The van der Waals surface area contributed by atoms with Crippen molar-refractivity contribution in [3.63, 3.8) is 0 Å². The van der Waals surface area contributed by atoms with Crippen LogP contribution >= 0.6 is 0 Å². The fourth-order valence-corrected chi connectivity index (χ4v) is 5.43. The predicted molar refractivity (Wildman–Crippen MR) is 98.1 cm³/mol. The van der Waals surface area contributed by atoms with Gasteiger partial charge in [-0.3, -0.25) is 4.90 Å². The van der Waals surface area contributed by atoms with Gasteiger partial charge in [-0.05, 0) is 12.8 Å². The van der Waals surface area contributed by atoms with Crippen LogP contribution in [0.4, 0.5) is 0 Å². The van der Waals surface area contributed by atoms with Crippen LogP contribution in [0.1, 0.15) is 44.3 Å². The zero-order chi connectivity index (χ0) is 19.4. The Hall–Kier alpha value is -1.07. The van der Waals surface area contributed by atoms with Crippen LogP contribution in [0, 0.1) is 11.8 Å². The van der Waals surface area contributed by atoms with Gasteiger partial charge in [0.2, 0.25) is 5.89 Å². The largest absolute Gasteiger partial charge is 0.370 e. The molecule has 1 N–H and O–H groups in total. The van der Waals surface area contributed by atoms with Gasteiger partial charge in [0, 0.05) is 51.5 Å². The maximum Gasteiger partial charge on any atom is 0.278 e. The van der Waals surface area contributed by atoms with Crippen LogP contribution in [0.25, 0.3) is 0 Å². The van der Waals surface area contributed by atoms with E-state index in [-0.39, 0.29) is 23.5 Å². The van der Waals surface area contributed by atoms with Crippen molar-refractivity contribution in [3.8, 4) is 0 Å². The number of rotatable bonds is 7. The van der Waals surface area contributed by atoms with Gasteiger partial charge in [0.15, 0.2) is 5.82 Å². The zero-order valence-corrected chi connectivity index (χ0v) is 17.2. The fraction of sp³-hybridized carbons (Fsp3) is 0.882. The molecule has 0 radical (unpaired) electrons. The molecule has 3 aliphatic heterocycles. The Balaban J connectivity index is 1.42. The molecule has 0 unspecified atom stereocenters. The lowest BCUT2D eigenvalue weighted by Crippen LogP contribution is -2.44.